The van der Waals surface area contributed by atoms with E-state index < -0.39 is 42.4 Å². The van der Waals surface area contributed by atoms with Gasteiger partial charge < -0.3 is 26.6 Å². The van der Waals surface area contributed by atoms with Crippen LogP contribution in [0.2, 0.25) is 0 Å². The van der Waals surface area contributed by atoms with Gasteiger partial charge in [0.05, 0.1) is 0 Å². The van der Waals surface area contributed by atoms with Crippen molar-refractivity contribution >= 4 is 63.7 Å². The van der Waals surface area contributed by atoms with E-state index >= 15 is 0 Å². The van der Waals surface area contributed by atoms with Crippen molar-refractivity contribution in [1.82, 2.24) is 10.6 Å². The second kappa shape index (κ2) is 11.7. The monoisotopic (exact) mass is 517 g/mol. The molecule has 0 rings (SSSR count). The Morgan fingerprint density at radius 2 is 1.76 bits per heavy atom. The van der Waals surface area contributed by atoms with E-state index in [1.165, 1.54) is 0 Å². The first kappa shape index (κ1) is 22.4. The Kier molecular flexibility index (Phi) is 12.5. The van der Waals surface area contributed by atoms with Crippen molar-refractivity contribution < 1.29 is 29.4 Å². The first-order valence-corrected chi connectivity index (χ1v) is 6.29. The second-order valence-corrected chi connectivity index (χ2v) is 4.26. The molecule has 9 nitrogen and oxygen atoms in total. The third-order valence-electron chi connectivity index (χ3n) is 2.25. The van der Waals surface area contributed by atoms with Gasteiger partial charge in [-0.3, -0.25) is 19.2 Å². The zero-order valence-corrected chi connectivity index (χ0v) is 17.6. The molecule has 11 heteroatoms. The van der Waals surface area contributed by atoms with Gasteiger partial charge in [0.1, 0.15) is 18.6 Å². The van der Waals surface area contributed by atoms with Crippen molar-refractivity contribution in [3.05, 3.63) is 0 Å². The van der Waals surface area contributed by atoms with Crippen LogP contribution in [0.3, 0.4) is 0 Å². The molecule has 2 radical (unpaired) electrons. The number of rotatable bonds is 9. The fourth-order valence-corrected chi connectivity index (χ4v) is 1.41. The first-order valence-electron chi connectivity index (χ1n) is 5.66. The average Bonchev–Trinajstić information content (AvgIpc) is 2.38. The van der Waals surface area contributed by atoms with E-state index in [2.05, 4.69) is 23.3 Å². The molecule has 2 unspecified atom stereocenters. The summed E-state index contributed by atoms with van der Waals surface area (Å²) in [4.78, 5) is 43.7. The number of carboxylic acid groups (broad SMARTS) is 2. The van der Waals surface area contributed by atoms with Crippen LogP contribution in [-0.2, 0) is 19.2 Å². The SMILES string of the molecule is NC(CCC(=O)NC(CS)C(=O)NCC(=O)O)C(=O)O.[PbH2]. The molecule has 21 heavy (non-hydrogen) atoms. The molecular formula is C10H19N3O6PbS. The van der Waals surface area contributed by atoms with Crippen LogP contribution in [0.1, 0.15) is 12.8 Å². The molecule has 0 aliphatic heterocycles. The molecule has 2 atom stereocenters. The number of nitrogens with one attached hydrogen (secondary N) is 2. The van der Waals surface area contributed by atoms with Crippen molar-refractivity contribution in [1.29, 1.82) is 0 Å². The van der Waals surface area contributed by atoms with E-state index in [1.807, 2.05) is 0 Å². The molecule has 0 saturated carbocycles. The van der Waals surface area contributed by atoms with Crippen LogP contribution in [0, 0.1) is 0 Å². The third-order valence-corrected chi connectivity index (χ3v) is 2.61. The van der Waals surface area contributed by atoms with Crippen molar-refractivity contribution in [2.45, 2.75) is 24.9 Å². The number of aliphatic carboxylic acids is 2. The van der Waals surface area contributed by atoms with Gasteiger partial charge in [0, 0.05) is 12.2 Å². The Morgan fingerprint density at radius 1 is 1.19 bits per heavy atom. The number of carbonyl (C=O) groups excluding carboxylic acids is 2. The van der Waals surface area contributed by atoms with Gasteiger partial charge in [-0.2, -0.15) is 12.6 Å². The summed E-state index contributed by atoms with van der Waals surface area (Å²) in [6, 6.07) is -2.15. The standard InChI is InChI=1S/C10H17N3O6S.Pb.2H/c11-5(10(18)19)1-2-7(14)13-6(4-20)9(17)12-3-8(15)16;;;/h5-6,20H,1-4,11H2,(H,12,17)(H,13,14)(H,15,16)(H,18,19);;;. The molecule has 0 aliphatic carbocycles. The molecule has 0 fully saturated rings. The maximum absolute atomic E-state index is 11.5. The molecule has 0 spiro atoms. The molecule has 0 aliphatic rings. The zero-order chi connectivity index (χ0) is 15.7. The quantitative estimate of drug-likeness (QED) is 0.140. The van der Waals surface area contributed by atoms with Gasteiger partial charge in [-0.05, 0) is 6.42 Å². The Morgan fingerprint density at radius 3 is 2.19 bits per heavy atom. The molecule has 2 amide bonds. The van der Waals surface area contributed by atoms with Crippen molar-refractivity contribution in [3.63, 3.8) is 0 Å². The minimum absolute atomic E-state index is 0. The molecule has 120 valence electrons. The molecule has 0 aromatic heterocycles. The molecule has 6 N–H and O–H groups in total. The van der Waals surface area contributed by atoms with E-state index in [0.717, 1.165) is 0 Å². The number of carboxylic acids is 2. The van der Waals surface area contributed by atoms with Crippen LogP contribution >= 0.6 is 12.6 Å². The number of nitrogens with two attached hydrogens (primary N) is 1. The molecule has 0 saturated heterocycles. The van der Waals surface area contributed by atoms with E-state index in [9.17, 15) is 19.2 Å². The number of hydrogen-bond acceptors (Lipinski definition) is 6. The third kappa shape index (κ3) is 10.5. The van der Waals surface area contributed by atoms with E-state index in [0.29, 0.717) is 0 Å². The van der Waals surface area contributed by atoms with Crippen LogP contribution < -0.4 is 16.4 Å². The molecule has 0 heterocycles. The summed E-state index contributed by atoms with van der Waals surface area (Å²) < 4.78 is 0. The summed E-state index contributed by atoms with van der Waals surface area (Å²) in [5.41, 5.74) is 5.23. The number of carbonyl (C=O) groups is 4. The molecular weight excluding hydrogens is 497 g/mol. The molecule has 0 aromatic rings. The summed E-state index contributed by atoms with van der Waals surface area (Å²) >= 11 is 3.87. The van der Waals surface area contributed by atoms with E-state index in [-0.39, 0.29) is 45.9 Å². The van der Waals surface area contributed by atoms with E-state index in [1.54, 1.807) is 0 Å². The Balaban J connectivity index is 0. The second-order valence-electron chi connectivity index (χ2n) is 3.90. The van der Waals surface area contributed by atoms with Gasteiger partial charge in [-0.25, -0.2) is 0 Å². The predicted molar refractivity (Wildman–Crippen MR) is 79.8 cm³/mol. The van der Waals surface area contributed by atoms with Gasteiger partial charge in [-0.15, -0.1) is 0 Å². The molecule has 0 bridgehead atoms. The summed E-state index contributed by atoms with van der Waals surface area (Å²) in [5, 5.41) is 21.4. The van der Waals surface area contributed by atoms with Crippen LogP contribution in [0.15, 0.2) is 0 Å². The topological polar surface area (TPSA) is 159 Å². The van der Waals surface area contributed by atoms with Crippen molar-refractivity contribution in [3.8, 4) is 0 Å². The van der Waals surface area contributed by atoms with Crippen LogP contribution in [0.25, 0.3) is 0 Å². The Bertz CT molecular complexity index is 395. The summed E-state index contributed by atoms with van der Waals surface area (Å²) in [6.45, 7) is -0.567. The first-order chi connectivity index (χ1) is 9.27. The fourth-order valence-electron chi connectivity index (χ4n) is 1.16. The Labute approximate surface area is 146 Å². The van der Waals surface area contributed by atoms with Gasteiger partial charge >= 0.3 is 39.2 Å². The van der Waals surface area contributed by atoms with Gasteiger partial charge in [0.15, 0.2) is 0 Å². The summed E-state index contributed by atoms with van der Waals surface area (Å²) in [7, 11) is 0. The normalized spacial score (nSPS) is 12.5. The van der Waals surface area contributed by atoms with Crippen LogP contribution in [0.4, 0.5) is 0 Å². The van der Waals surface area contributed by atoms with Gasteiger partial charge in [0.25, 0.3) is 0 Å². The van der Waals surface area contributed by atoms with Crippen LogP contribution in [-0.4, -0.2) is 85.6 Å². The van der Waals surface area contributed by atoms with E-state index in [4.69, 9.17) is 15.9 Å². The number of hydrogen-bond donors (Lipinski definition) is 6. The predicted octanol–water partition coefficient (Wildman–Crippen LogP) is -3.12. The summed E-state index contributed by atoms with van der Waals surface area (Å²) in [5.74, 6) is -3.70. The number of amides is 2. The van der Waals surface area contributed by atoms with Crippen LogP contribution in [0.5, 0.6) is 0 Å². The Hall–Kier alpha value is -0.888. The molecule has 0 aromatic carbocycles. The average molecular weight is 517 g/mol. The fraction of sp³-hybridized carbons (Fsp3) is 0.600. The maximum atomic E-state index is 11.5. The zero-order valence-electron chi connectivity index (χ0n) is 11.2. The minimum atomic E-state index is -1.22. The van der Waals surface area contributed by atoms with Gasteiger partial charge in [0.2, 0.25) is 11.8 Å². The van der Waals surface area contributed by atoms with Gasteiger partial charge in [-0.1, -0.05) is 0 Å². The number of thiol groups is 1. The summed E-state index contributed by atoms with van der Waals surface area (Å²) in [6.07, 6.45) is -0.235. The van der Waals surface area contributed by atoms with Crippen molar-refractivity contribution in [2.24, 2.45) is 5.73 Å². The van der Waals surface area contributed by atoms with Crippen molar-refractivity contribution in [2.75, 3.05) is 12.3 Å².